The maximum absolute atomic E-state index is 13.8. The minimum atomic E-state index is -0.426. The molecule has 0 atom stereocenters. The van der Waals surface area contributed by atoms with Gasteiger partial charge in [-0.1, -0.05) is 24.4 Å². The predicted molar refractivity (Wildman–Crippen MR) is 86.3 cm³/mol. The molecule has 5 heteroatoms. The normalized spacial score (nSPS) is 10.2. The van der Waals surface area contributed by atoms with Gasteiger partial charge in [-0.25, -0.2) is 4.39 Å². The largest absolute Gasteiger partial charge is 0.389 e. The van der Waals surface area contributed by atoms with Crippen LogP contribution < -0.4 is 16.0 Å². The highest BCUT2D eigenvalue weighted by Crippen LogP contribution is 2.27. The van der Waals surface area contributed by atoms with Gasteiger partial charge in [-0.2, -0.15) is 0 Å². The van der Waals surface area contributed by atoms with Crippen molar-refractivity contribution in [1.82, 2.24) is 0 Å². The molecular weight excluding hydrogens is 273 g/mol. The van der Waals surface area contributed by atoms with E-state index in [-0.39, 0.29) is 10.6 Å². The van der Waals surface area contributed by atoms with Crippen LogP contribution in [-0.4, -0.2) is 19.1 Å². The van der Waals surface area contributed by atoms with Crippen molar-refractivity contribution in [2.24, 2.45) is 5.73 Å². The third kappa shape index (κ3) is 3.05. The first-order valence-corrected chi connectivity index (χ1v) is 6.52. The van der Waals surface area contributed by atoms with E-state index in [1.807, 2.05) is 43.3 Å². The first kappa shape index (κ1) is 14.3. The molecule has 3 N–H and O–H groups in total. The van der Waals surface area contributed by atoms with Gasteiger partial charge in [0.1, 0.15) is 10.8 Å². The average molecular weight is 289 g/mol. The van der Waals surface area contributed by atoms with E-state index in [9.17, 15) is 4.39 Å². The van der Waals surface area contributed by atoms with Gasteiger partial charge in [-0.15, -0.1) is 0 Å². The second kappa shape index (κ2) is 5.88. The van der Waals surface area contributed by atoms with Crippen LogP contribution in [0.25, 0.3) is 0 Å². The van der Waals surface area contributed by atoms with Crippen molar-refractivity contribution in [3.8, 4) is 0 Å². The summed E-state index contributed by atoms with van der Waals surface area (Å²) in [6, 6.07) is 12.5. The van der Waals surface area contributed by atoms with Crippen LogP contribution in [0.15, 0.2) is 42.5 Å². The van der Waals surface area contributed by atoms with Gasteiger partial charge >= 0.3 is 0 Å². The molecule has 0 unspecified atom stereocenters. The van der Waals surface area contributed by atoms with Crippen LogP contribution in [-0.2, 0) is 0 Å². The summed E-state index contributed by atoms with van der Waals surface area (Å²) in [6.07, 6.45) is 0. The van der Waals surface area contributed by atoms with Gasteiger partial charge in [-0.3, -0.25) is 0 Å². The maximum atomic E-state index is 13.8. The van der Waals surface area contributed by atoms with E-state index in [1.165, 1.54) is 6.07 Å². The molecule has 0 aliphatic heterocycles. The van der Waals surface area contributed by atoms with Crippen LogP contribution >= 0.6 is 12.2 Å². The summed E-state index contributed by atoms with van der Waals surface area (Å²) in [5, 5.41) is 3.20. The third-order valence-corrected chi connectivity index (χ3v) is 3.12. The van der Waals surface area contributed by atoms with Crippen LogP contribution in [0.2, 0.25) is 0 Å². The van der Waals surface area contributed by atoms with Crippen molar-refractivity contribution >= 4 is 34.3 Å². The van der Waals surface area contributed by atoms with E-state index < -0.39 is 5.82 Å². The second-order valence-electron chi connectivity index (χ2n) is 4.60. The van der Waals surface area contributed by atoms with Crippen molar-refractivity contribution < 1.29 is 4.39 Å². The number of thiocarbonyl (C=S) groups is 1. The molecule has 0 radical (unpaired) electrons. The van der Waals surface area contributed by atoms with E-state index in [4.69, 9.17) is 18.0 Å². The van der Waals surface area contributed by atoms with Crippen molar-refractivity contribution in [1.29, 1.82) is 0 Å². The zero-order valence-corrected chi connectivity index (χ0v) is 12.2. The minimum absolute atomic E-state index is 0.0581. The first-order chi connectivity index (χ1) is 9.49. The summed E-state index contributed by atoms with van der Waals surface area (Å²) in [5.41, 5.74) is 8.27. The van der Waals surface area contributed by atoms with Crippen LogP contribution in [0.1, 0.15) is 5.56 Å². The molecule has 0 amide bonds. The Morgan fingerprint density at radius 3 is 2.50 bits per heavy atom. The molecule has 0 aromatic heterocycles. The summed E-state index contributed by atoms with van der Waals surface area (Å²) < 4.78 is 13.8. The molecule has 2 aromatic rings. The summed E-state index contributed by atoms with van der Waals surface area (Å²) in [5.74, 6) is -0.426. The molecule has 104 valence electrons. The molecule has 20 heavy (non-hydrogen) atoms. The SMILES string of the molecule is CN(C)c1ccccc1Nc1ccc(C(N)=S)c(F)c1. The number of hydrogen-bond acceptors (Lipinski definition) is 3. The molecule has 3 nitrogen and oxygen atoms in total. The number of nitrogens with two attached hydrogens (primary N) is 1. The van der Waals surface area contributed by atoms with Gasteiger partial charge in [0.05, 0.1) is 11.4 Å². The molecule has 0 heterocycles. The van der Waals surface area contributed by atoms with Crippen molar-refractivity contribution in [3.63, 3.8) is 0 Å². The van der Waals surface area contributed by atoms with Crippen molar-refractivity contribution in [2.75, 3.05) is 24.3 Å². The molecule has 0 spiro atoms. The number of para-hydroxylation sites is 2. The Hall–Kier alpha value is -2.14. The number of nitrogens with zero attached hydrogens (tertiary/aromatic N) is 1. The van der Waals surface area contributed by atoms with Gasteiger partial charge in [0.2, 0.25) is 0 Å². The van der Waals surface area contributed by atoms with Crippen LogP contribution in [0.5, 0.6) is 0 Å². The molecule has 2 rings (SSSR count). The van der Waals surface area contributed by atoms with Gasteiger partial charge in [0.15, 0.2) is 0 Å². The van der Waals surface area contributed by atoms with Crippen molar-refractivity contribution in [2.45, 2.75) is 0 Å². The Kier molecular flexibility index (Phi) is 4.20. The fourth-order valence-corrected chi connectivity index (χ4v) is 2.08. The molecule has 0 aliphatic carbocycles. The number of nitrogens with one attached hydrogen (secondary N) is 1. The summed E-state index contributed by atoms with van der Waals surface area (Å²) in [7, 11) is 3.91. The van der Waals surface area contributed by atoms with E-state index in [0.29, 0.717) is 5.69 Å². The van der Waals surface area contributed by atoms with Gasteiger partial charge in [-0.05, 0) is 30.3 Å². The predicted octanol–water partition coefficient (Wildman–Crippen LogP) is 3.27. The Morgan fingerprint density at radius 2 is 1.90 bits per heavy atom. The quantitative estimate of drug-likeness (QED) is 0.848. The third-order valence-electron chi connectivity index (χ3n) is 2.90. The minimum Gasteiger partial charge on any atom is -0.389 e. The number of halogens is 1. The molecule has 0 bridgehead atoms. The molecular formula is C15H16FN3S. The second-order valence-corrected chi connectivity index (χ2v) is 5.04. The van der Waals surface area contributed by atoms with Crippen LogP contribution in [0, 0.1) is 5.82 Å². The highest BCUT2D eigenvalue weighted by molar-refractivity contribution is 7.80. The highest BCUT2D eigenvalue weighted by Gasteiger charge is 2.08. The fraction of sp³-hybridized carbons (Fsp3) is 0.133. The molecule has 0 saturated heterocycles. The van der Waals surface area contributed by atoms with Gasteiger partial charge in [0, 0.05) is 25.3 Å². The van der Waals surface area contributed by atoms with E-state index in [2.05, 4.69) is 5.32 Å². The lowest BCUT2D eigenvalue weighted by Gasteiger charge is -2.18. The fourth-order valence-electron chi connectivity index (χ4n) is 1.92. The lowest BCUT2D eigenvalue weighted by Crippen LogP contribution is -2.12. The zero-order chi connectivity index (χ0) is 14.7. The maximum Gasteiger partial charge on any atom is 0.135 e. The average Bonchev–Trinajstić information content (AvgIpc) is 2.38. The standard InChI is InChI=1S/C15H16FN3S/c1-19(2)14-6-4-3-5-13(14)18-10-7-8-11(15(17)20)12(16)9-10/h3-9,18H,1-2H3,(H2,17,20). The number of rotatable bonds is 4. The first-order valence-electron chi connectivity index (χ1n) is 6.12. The van der Waals surface area contributed by atoms with E-state index >= 15 is 0 Å². The van der Waals surface area contributed by atoms with Gasteiger partial charge in [0.25, 0.3) is 0 Å². The van der Waals surface area contributed by atoms with E-state index in [1.54, 1.807) is 12.1 Å². The lowest BCUT2D eigenvalue weighted by atomic mass is 10.1. The Labute approximate surface area is 123 Å². The van der Waals surface area contributed by atoms with Gasteiger partial charge < -0.3 is 16.0 Å². The van der Waals surface area contributed by atoms with E-state index in [0.717, 1.165) is 11.4 Å². The van der Waals surface area contributed by atoms with Crippen molar-refractivity contribution in [3.05, 3.63) is 53.8 Å². The smallest absolute Gasteiger partial charge is 0.135 e. The number of hydrogen-bond donors (Lipinski definition) is 2. The Bertz CT molecular complexity index is 641. The molecule has 0 aliphatic rings. The number of anilines is 3. The lowest BCUT2D eigenvalue weighted by molar-refractivity contribution is 0.626. The molecule has 2 aromatic carbocycles. The monoisotopic (exact) mass is 289 g/mol. The Balaban J connectivity index is 2.31. The summed E-state index contributed by atoms with van der Waals surface area (Å²) >= 11 is 4.79. The molecule has 0 fully saturated rings. The van der Waals surface area contributed by atoms with Crippen LogP contribution in [0.4, 0.5) is 21.5 Å². The summed E-state index contributed by atoms with van der Waals surface area (Å²) in [6.45, 7) is 0. The summed E-state index contributed by atoms with van der Waals surface area (Å²) in [4.78, 5) is 2.05. The topological polar surface area (TPSA) is 41.3 Å². The number of benzene rings is 2. The zero-order valence-electron chi connectivity index (χ0n) is 11.4. The highest BCUT2D eigenvalue weighted by atomic mass is 32.1. The Morgan fingerprint density at radius 1 is 1.20 bits per heavy atom. The van der Waals surface area contributed by atoms with Crippen LogP contribution in [0.3, 0.4) is 0 Å². The molecule has 0 saturated carbocycles.